The largest absolute Gasteiger partial charge is 0.315 e. The van der Waals surface area contributed by atoms with E-state index < -0.39 is 0 Å². The zero-order valence-electron chi connectivity index (χ0n) is 10.7. The van der Waals surface area contributed by atoms with E-state index in [9.17, 15) is 4.79 Å². The molecule has 0 saturated heterocycles. The van der Waals surface area contributed by atoms with Gasteiger partial charge in [-0.05, 0) is 19.3 Å². The molecule has 0 radical (unpaired) electrons. The van der Waals surface area contributed by atoms with E-state index in [1.165, 1.54) is 12.8 Å². The number of amides is 1. The van der Waals surface area contributed by atoms with Crippen molar-refractivity contribution in [3.63, 3.8) is 0 Å². The van der Waals surface area contributed by atoms with Gasteiger partial charge in [0.25, 0.3) is 0 Å². The summed E-state index contributed by atoms with van der Waals surface area (Å²) in [7, 11) is 0. The molecule has 4 nitrogen and oxygen atoms in total. The third kappa shape index (κ3) is 2.68. The highest BCUT2D eigenvalue weighted by atomic mass is 16.1. The highest BCUT2D eigenvalue weighted by molar-refractivity contribution is 5.91. The normalized spacial score (nSPS) is 16.4. The number of nitrogens with zero attached hydrogens (tertiary/aromatic N) is 2. The van der Waals surface area contributed by atoms with Gasteiger partial charge in [-0.25, -0.2) is 4.98 Å². The van der Waals surface area contributed by atoms with Crippen LogP contribution < -0.4 is 5.32 Å². The van der Waals surface area contributed by atoms with Crippen molar-refractivity contribution < 1.29 is 4.79 Å². The monoisotopic (exact) mass is 235 g/mol. The van der Waals surface area contributed by atoms with Gasteiger partial charge in [0.15, 0.2) is 0 Å². The summed E-state index contributed by atoms with van der Waals surface area (Å²) >= 11 is 0. The molecule has 1 aromatic heterocycles. The molecule has 1 amide bonds. The van der Waals surface area contributed by atoms with Crippen LogP contribution in [0, 0.1) is 5.92 Å². The molecule has 0 bridgehead atoms. The lowest BCUT2D eigenvalue weighted by molar-refractivity contribution is -0.119. The molecule has 1 aliphatic heterocycles. The molecule has 0 unspecified atom stereocenters. The number of nitrogens with one attached hydrogen (secondary N) is 1. The van der Waals surface area contributed by atoms with E-state index in [1.54, 1.807) is 6.20 Å². The van der Waals surface area contributed by atoms with E-state index >= 15 is 0 Å². The van der Waals surface area contributed by atoms with Crippen LogP contribution in [0.15, 0.2) is 6.20 Å². The van der Waals surface area contributed by atoms with Crippen molar-refractivity contribution in [1.82, 2.24) is 9.55 Å². The molecule has 94 valence electrons. The number of hydrogen-bond donors (Lipinski definition) is 1. The van der Waals surface area contributed by atoms with Gasteiger partial charge in [-0.15, -0.1) is 0 Å². The first-order valence-corrected chi connectivity index (χ1v) is 6.57. The third-order valence-corrected chi connectivity index (χ3v) is 3.39. The van der Waals surface area contributed by atoms with Crippen molar-refractivity contribution in [2.24, 2.45) is 5.92 Å². The second-order valence-electron chi connectivity index (χ2n) is 4.85. The van der Waals surface area contributed by atoms with E-state index in [1.807, 2.05) is 6.92 Å². The SMILES string of the molecule is CCC[C@H](C)C(=O)Nc1cnc2n1CCCC2. The molecular weight excluding hydrogens is 214 g/mol. The molecule has 17 heavy (non-hydrogen) atoms. The fraction of sp³-hybridized carbons (Fsp3) is 0.692. The summed E-state index contributed by atoms with van der Waals surface area (Å²) in [5.74, 6) is 2.16. The first-order valence-electron chi connectivity index (χ1n) is 6.57. The molecule has 0 aromatic carbocycles. The molecule has 0 fully saturated rings. The number of anilines is 1. The first-order chi connectivity index (χ1) is 8.22. The summed E-state index contributed by atoms with van der Waals surface area (Å²) < 4.78 is 2.14. The molecule has 0 saturated carbocycles. The Bertz CT molecular complexity index is 397. The minimum Gasteiger partial charge on any atom is -0.315 e. The topological polar surface area (TPSA) is 46.9 Å². The maximum absolute atomic E-state index is 11.9. The summed E-state index contributed by atoms with van der Waals surface area (Å²) in [5.41, 5.74) is 0. The second kappa shape index (κ2) is 5.34. The van der Waals surface area contributed by atoms with Crippen LogP contribution >= 0.6 is 0 Å². The van der Waals surface area contributed by atoms with Crippen LogP contribution in [0.3, 0.4) is 0 Å². The highest BCUT2D eigenvalue weighted by Crippen LogP contribution is 2.20. The van der Waals surface area contributed by atoms with Crippen molar-refractivity contribution in [1.29, 1.82) is 0 Å². The van der Waals surface area contributed by atoms with Gasteiger partial charge in [-0.1, -0.05) is 20.3 Å². The number of aryl methyl sites for hydroxylation is 1. The Morgan fingerprint density at radius 1 is 1.59 bits per heavy atom. The average Bonchev–Trinajstić information content (AvgIpc) is 2.73. The Kier molecular flexibility index (Phi) is 3.82. The zero-order valence-corrected chi connectivity index (χ0v) is 10.7. The predicted octanol–water partition coefficient (Wildman–Crippen LogP) is 2.59. The minimum absolute atomic E-state index is 0.0785. The average molecular weight is 235 g/mol. The van der Waals surface area contributed by atoms with Crippen LogP contribution in [0.25, 0.3) is 0 Å². The molecular formula is C13H21N3O. The number of hydrogen-bond acceptors (Lipinski definition) is 2. The molecule has 1 atom stereocenters. The summed E-state index contributed by atoms with van der Waals surface area (Å²) in [6.45, 7) is 5.06. The second-order valence-corrected chi connectivity index (χ2v) is 4.85. The first kappa shape index (κ1) is 12.1. The minimum atomic E-state index is 0.0785. The Morgan fingerprint density at radius 2 is 2.41 bits per heavy atom. The smallest absolute Gasteiger partial charge is 0.228 e. The van der Waals surface area contributed by atoms with Gasteiger partial charge in [0.05, 0.1) is 6.20 Å². The number of aromatic nitrogens is 2. The lowest BCUT2D eigenvalue weighted by atomic mass is 10.1. The Labute approximate surface area is 102 Å². The maximum atomic E-state index is 11.9. The van der Waals surface area contributed by atoms with Crippen LogP contribution in [0.1, 0.15) is 45.4 Å². The molecule has 1 aromatic rings. The number of carbonyl (C=O) groups is 1. The van der Waals surface area contributed by atoms with Gasteiger partial charge in [0.2, 0.25) is 5.91 Å². The van der Waals surface area contributed by atoms with Crippen molar-refractivity contribution in [3.05, 3.63) is 12.0 Å². The standard InChI is InChI=1S/C13H21N3O/c1-3-6-10(2)13(17)15-12-9-14-11-7-4-5-8-16(11)12/h9-10H,3-8H2,1-2H3,(H,15,17)/t10-/m0/s1. The summed E-state index contributed by atoms with van der Waals surface area (Å²) in [5, 5.41) is 3.00. The van der Waals surface area contributed by atoms with Gasteiger partial charge < -0.3 is 9.88 Å². The van der Waals surface area contributed by atoms with Crippen LogP contribution in [0.5, 0.6) is 0 Å². The maximum Gasteiger partial charge on any atom is 0.228 e. The lowest BCUT2D eigenvalue weighted by Crippen LogP contribution is -2.23. The van der Waals surface area contributed by atoms with Crippen molar-refractivity contribution >= 4 is 11.7 Å². The van der Waals surface area contributed by atoms with E-state index in [4.69, 9.17) is 0 Å². The molecule has 1 aliphatic rings. The van der Waals surface area contributed by atoms with E-state index in [0.29, 0.717) is 0 Å². The summed E-state index contributed by atoms with van der Waals surface area (Å²) in [6, 6.07) is 0. The van der Waals surface area contributed by atoms with Gasteiger partial charge in [0.1, 0.15) is 11.6 Å². The number of carbonyl (C=O) groups excluding carboxylic acids is 1. The molecule has 0 aliphatic carbocycles. The highest BCUT2D eigenvalue weighted by Gasteiger charge is 2.17. The molecule has 2 heterocycles. The molecule has 0 spiro atoms. The number of fused-ring (bicyclic) bond motifs is 1. The Balaban J connectivity index is 2.03. The van der Waals surface area contributed by atoms with E-state index in [0.717, 1.165) is 37.4 Å². The number of imidazole rings is 1. The van der Waals surface area contributed by atoms with E-state index in [-0.39, 0.29) is 11.8 Å². The van der Waals surface area contributed by atoms with Crippen LogP contribution in [0.4, 0.5) is 5.82 Å². The molecule has 1 N–H and O–H groups in total. The molecule has 2 rings (SSSR count). The van der Waals surface area contributed by atoms with Gasteiger partial charge >= 0.3 is 0 Å². The summed E-state index contributed by atoms with van der Waals surface area (Å²) in [6.07, 6.45) is 7.18. The Hall–Kier alpha value is -1.32. The fourth-order valence-corrected chi connectivity index (χ4v) is 2.33. The number of rotatable bonds is 4. The van der Waals surface area contributed by atoms with Gasteiger partial charge in [0, 0.05) is 18.9 Å². The van der Waals surface area contributed by atoms with Crippen molar-refractivity contribution in [2.45, 2.75) is 52.5 Å². The lowest BCUT2D eigenvalue weighted by Gasteiger charge is -2.17. The third-order valence-electron chi connectivity index (χ3n) is 3.39. The van der Waals surface area contributed by atoms with E-state index in [2.05, 4.69) is 21.8 Å². The van der Waals surface area contributed by atoms with Gasteiger partial charge in [-0.2, -0.15) is 0 Å². The van der Waals surface area contributed by atoms with Crippen LogP contribution in [0.2, 0.25) is 0 Å². The summed E-state index contributed by atoms with van der Waals surface area (Å²) in [4.78, 5) is 16.3. The Morgan fingerprint density at radius 3 is 3.18 bits per heavy atom. The van der Waals surface area contributed by atoms with Crippen LogP contribution in [-0.4, -0.2) is 15.5 Å². The quantitative estimate of drug-likeness (QED) is 0.872. The zero-order chi connectivity index (χ0) is 12.3. The van der Waals surface area contributed by atoms with Crippen LogP contribution in [-0.2, 0) is 17.8 Å². The fourth-order valence-electron chi connectivity index (χ4n) is 2.33. The molecule has 4 heteroatoms. The predicted molar refractivity (Wildman–Crippen MR) is 67.9 cm³/mol. The van der Waals surface area contributed by atoms with Crippen molar-refractivity contribution in [2.75, 3.05) is 5.32 Å². The van der Waals surface area contributed by atoms with Crippen molar-refractivity contribution in [3.8, 4) is 0 Å². The van der Waals surface area contributed by atoms with Gasteiger partial charge in [-0.3, -0.25) is 4.79 Å².